The number of fused-ring (bicyclic) bond motifs is 1. The van der Waals surface area contributed by atoms with Crippen LogP contribution in [0.1, 0.15) is 36.6 Å². The van der Waals surface area contributed by atoms with E-state index in [4.69, 9.17) is 23.7 Å². The first-order chi connectivity index (χ1) is 21.3. The molecule has 228 valence electrons. The quantitative estimate of drug-likeness (QED) is 0.180. The second-order valence-electron chi connectivity index (χ2n) is 10.00. The van der Waals surface area contributed by atoms with Crippen molar-refractivity contribution in [1.29, 1.82) is 0 Å². The zero-order valence-corrected chi connectivity index (χ0v) is 26.1. The van der Waals surface area contributed by atoms with E-state index in [1.54, 1.807) is 56.9 Å². The Kier molecular flexibility index (Phi) is 9.50. The maximum absolute atomic E-state index is 13.9. The van der Waals surface area contributed by atoms with Crippen molar-refractivity contribution in [3.05, 3.63) is 114 Å². The number of rotatable bonds is 11. The van der Waals surface area contributed by atoms with Gasteiger partial charge in [-0.25, -0.2) is 9.79 Å². The molecule has 0 bridgehead atoms. The van der Waals surface area contributed by atoms with Gasteiger partial charge in [-0.1, -0.05) is 47.2 Å². The third-order valence-electron chi connectivity index (χ3n) is 7.06. The third kappa shape index (κ3) is 6.55. The summed E-state index contributed by atoms with van der Waals surface area (Å²) in [4.78, 5) is 32.1. The number of aromatic nitrogens is 1. The lowest BCUT2D eigenvalue weighted by molar-refractivity contribution is -0.139. The number of carbonyl (C=O) groups excluding carboxylic acids is 1. The van der Waals surface area contributed by atoms with Gasteiger partial charge < -0.3 is 23.7 Å². The molecule has 2 heterocycles. The Morgan fingerprint density at radius 2 is 1.61 bits per heavy atom. The number of aryl methyl sites for hydroxylation is 1. The molecule has 9 nitrogen and oxygen atoms in total. The highest BCUT2D eigenvalue weighted by molar-refractivity contribution is 7.07. The summed E-state index contributed by atoms with van der Waals surface area (Å²) in [7, 11) is 3.15. The molecule has 4 aromatic rings. The lowest BCUT2D eigenvalue weighted by atomic mass is 9.96. The van der Waals surface area contributed by atoms with E-state index in [1.807, 2.05) is 55.5 Å². The molecule has 0 aliphatic carbocycles. The minimum absolute atomic E-state index is 0.205. The van der Waals surface area contributed by atoms with Crippen molar-refractivity contribution in [3.63, 3.8) is 0 Å². The van der Waals surface area contributed by atoms with Gasteiger partial charge >= 0.3 is 5.97 Å². The van der Waals surface area contributed by atoms with E-state index in [-0.39, 0.29) is 12.2 Å². The first kappa shape index (κ1) is 30.6. The van der Waals surface area contributed by atoms with Gasteiger partial charge in [-0.3, -0.25) is 9.36 Å². The van der Waals surface area contributed by atoms with Gasteiger partial charge in [0.15, 0.2) is 16.3 Å². The van der Waals surface area contributed by atoms with Crippen LogP contribution in [0.4, 0.5) is 0 Å². The molecule has 1 aliphatic heterocycles. The Labute approximate surface area is 259 Å². The highest BCUT2D eigenvalue weighted by atomic mass is 32.1. The van der Waals surface area contributed by atoms with Crippen LogP contribution in [0.15, 0.2) is 87.8 Å². The second-order valence-corrected chi connectivity index (χ2v) is 11.0. The molecule has 0 spiro atoms. The van der Waals surface area contributed by atoms with Crippen LogP contribution in [0.5, 0.6) is 23.0 Å². The summed E-state index contributed by atoms with van der Waals surface area (Å²) >= 11 is 1.26. The van der Waals surface area contributed by atoms with Crippen molar-refractivity contribution in [3.8, 4) is 23.0 Å². The summed E-state index contributed by atoms with van der Waals surface area (Å²) in [5.74, 6) is 2.03. The van der Waals surface area contributed by atoms with Crippen LogP contribution in [-0.4, -0.2) is 44.6 Å². The molecule has 0 saturated carbocycles. The van der Waals surface area contributed by atoms with Gasteiger partial charge in [0, 0.05) is 0 Å². The van der Waals surface area contributed by atoms with Crippen LogP contribution >= 0.6 is 11.3 Å². The fourth-order valence-electron chi connectivity index (χ4n) is 4.88. The Balaban J connectivity index is 1.44. The molecule has 1 atom stereocenters. The molecule has 1 aliphatic rings. The largest absolute Gasteiger partial charge is 0.497 e. The molecular weight excluding hydrogens is 580 g/mol. The first-order valence-corrected chi connectivity index (χ1v) is 15.0. The average Bonchev–Trinajstić information content (AvgIpc) is 3.33. The SMILES string of the molecule is CCOC(=O)C1=C(C)N=c2s/c(=C/c3ccc(OCCOc4ccc(C)cc4)c(OC)c3)c(=O)n2[C@@H]1c1ccc(OC)cc1. The van der Waals surface area contributed by atoms with Crippen LogP contribution in [0, 0.1) is 6.92 Å². The lowest BCUT2D eigenvalue weighted by Gasteiger charge is -2.24. The van der Waals surface area contributed by atoms with Crippen molar-refractivity contribution in [2.75, 3.05) is 34.0 Å². The number of esters is 1. The van der Waals surface area contributed by atoms with Crippen molar-refractivity contribution >= 4 is 23.4 Å². The number of carbonyl (C=O) groups is 1. The number of ether oxygens (including phenoxy) is 5. The molecule has 1 aromatic heterocycles. The fourth-order valence-corrected chi connectivity index (χ4v) is 5.93. The van der Waals surface area contributed by atoms with Crippen LogP contribution in [-0.2, 0) is 9.53 Å². The highest BCUT2D eigenvalue weighted by Crippen LogP contribution is 2.32. The molecule has 3 aromatic carbocycles. The summed E-state index contributed by atoms with van der Waals surface area (Å²) in [5.41, 5.74) is 3.22. The Morgan fingerprint density at radius 1 is 0.909 bits per heavy atom. The second kappa shape index (κ2) is 13.6. The molecular formula is C34H34N2O7S. The predicted molar refractivity (Wildman–Crippen MR) is 169 cm³/mol. The van der Waals surface area contributed by atoms with Gasteiger partial charge in [-0.2, -0.15) is 0 Å². The van der Waals surface area contributed by atoms with Crippen LogP contribution in [0.25, 0.3) is 6.08 Å². The minimum Gasteiger partial charge on any atom is -0.497 e. The van der Waals surface area contributed by atoms with E-state index >= 15 is 0 Å². The maximum atomic E-state index is 13.9. The average molecular weight is 615 g/mol. The normalized spacial score (nSPS) is 14.5. The van der Waals surface area contributed by atoms with E-state index < -0.39 is 12.0 Å². The number of nitrogens with zero attached hydrogens (tertiary/aromatic N) is 2. The van der Waals surface area contributed by atoms with Crippen LogP contribution in [0.3, 0.4) is 0 Å². The van der Waals surface area contributed by atoms with Crippen LogP contribution in [0.2, 0.25) is 0 Å². The minimum atomic E-state index is -0.703. The molecule has 0 saturated heterocycles. The maximum Gasteiger partial charge on any atom is 0.338 e. The van der Waals surface area contributed by atoms with Gasteiger partial charge in [0.25, 0.3) is 5.56 Å². The molecule has 5 rings (SSSR count). The van der Waals surface area contributed by atoms with Gasteiger partial charge in [-0.15, -0.1) is 0 Å². The van der Waals surface area contributed by atoms with Gasteiger partial charge in [0.2, 0.25) is 0 Å². The van der Waals surface area contributed by atoms with Crippen molar-refractivity contribution < 1.29 is 28.5 Å². The topological polar surface area (TPSA) is 97.6 Å². The summed E-state index contributed by atoms with van der Waals surface area (Å²) in [6.45, 7) is 6.44. The number of methoxy groups -OCH3 is 2. The van der Waals surface area contributed by atoms with E-state index in [0.717, 1.165) is 16.9 Å². The monoisotopic (exact) mass is 614 g/mol. The Hall–Kier alpha value is -4.83. The number of hydrogen-bond acceptors (Lipinski definition) is 9. The molecule has 0 radical (unpaired) electrons. The van der Waals surface area contributed by atoms with E-state index in [2.05, 4.69) is 4.99 Å². The molecule has 0 amide bonds. The van der Waals surface area contributed by atoms with E-state index in [9.17, 15) is 9.59 Å². The summed E-state index contributed by atoms with van der Waals surface area (Å²) in [5, 5.41) is 0. The van der Waals surface area contributed by atoms with E-state index in [1.165, 1.54) is 16.9 Å². The number of hydrogen-bond donors (Lipinski definition) is 0. The molecule has 10 heteroatoms. The summed E-state index contributed by atoms with van der Waals surface area (Å²) in [6.07, 6.45) is 1.78. The van der Waals surface area contributed by atoms with Crippen molar-refractivity contribution in [2.24, 2.45) is 4.99 Å². The van der Waals surface area contributed by atoms with Crippen LogP contribution < -0.4 is 33.8 Å². The fraction of sp³-hybridized carbons (Fsp3) is 0.265. The first-order valence-electron chi connectivity index (χ1n) is 14.2. The summed E-state index contributed by atoms with van der Waals surface area (Å²) < 4.78 is 29.9. The van der Waals surface area contributed by atoms with Gasteiger partial charge in [0.05, 0.1) is 42.7 Å². The van der Waals surface area contributed by atoms with Gasteiger partial charge in [-0.05, 0) is 74.4 Å². The predicted octanol–water partition coefficient (Wildman–Crippen LogP) is 4.58. The number of allylic oxidation sites excluding steroid dienone is 1. The Bertz CT molecular complexity index is 1860. The molecule has 0 unspecified atom stereocenters. The zero-order chi connectivity index (χ0) is 31.2. The van der Waals surface area contributed by atoms with E-state index in [0.29, 0.717) is 51.1 Å². The third-order valence-corrected chi connectivity index (χ3v) is 8.05. The smallest absolute Gasteiger partial charge is 0.338 e. The number of thiazole rings is 1. The summed E-state index contributed by atoms with van der Waals surface area (Å²) in [6, 6.07) is 19.9. The van der Waals surface area contributed by atoms with Crippen molar-refractivity contribution in [1.82, 2.24) is 4.57 Å². The Morgan fingerprint density at radius 3 is 2.30 bits per heavy atom. The zero-order valence-electron chi connectivity index (χ0n) is 25.3. The molecule has 44 heavy (non-hydrogen) atoms. The highest BCUT2D eigenvalue weighted by Gasteiger charge is 2.33. The standard InChI is InChI=1S/C34H34N2O7S/c1-6-41-33(38)30-22(3)35-34-36(31(30)24-10-14-25(39-4)15-11-24)32(37)29(44-34)20-23-9-16-27(28(19-23)40-5)43-18-17-42-26-12-7-21(2)8-13-26/h7-16,19-20,31H,6,17-18H2,1-5H3/b29-20+/t31-/m1/s1. The lowest BCUT2D eigenvalue weighted by Crippen LogP contribution is -2.39. The molecule has 0 N–H and O–H groups in total. The van der Waals surface area contributed by atoms with Crippen molar-refractivity contribution in [2.45, 2.75) is 26.8 Å². The molecule has 0 fully saturated rings. The van der Waals surface area contributed by atoms with Gasteiger partial charge in [0.1, 0.15) is 24.7 Å². The number of benzene rings is 3.